The number of benzene rings is 2. The molecule has 1 heterocycles. The summed E-state index contributed by atoms with van der Waals surface area (Å²) < 4.78 is 24.5. The highest BCUT2D eigenvalue weighted by molar-refractivity contribution is 5.95. The van der Waals surface area contributed by atoms with Crippen LogP contribution in [-0.2, 0) is 24.4 Å². The van der Waals surface area contributed by atoms with E-state index in [-0.39, 0.29) is 23.8 Å². The third-order valence-corrected chi connectivity index (χ3v) is 5.01. The predicted octanol–water partition coefficient (Wildman–Crippen LogP) is 2.93. The molecule has 1 unspecified atom stereocenters. The van der Waals surface area contributed by atoms with Gasteiger partial charge in [0.05, 0.1) is 18.2 Å². The van der Waals surface area contributed by atoms with E-state index in [1.807, 2.05) is 18.2 Å². The maximum atomic E-state index is 14.3. The summed E-state index contributed by atoms with van der Waals surface area (Å²) in [5, 5.41) is 16.1. The van der Waals surface area contributed by atoms with Gasteiger partial charge in [-0.25, -0.2) is 4.39 Å². The lowest BCUT2D eigenvalue weighted by Gasteiger charge is -2.15. The van der Waals surface area contributed by atoms with Crippen LogP contribution in [0.2, 0.25) is 0 Å². The molecule has 2 N–H and O–H groups in total. The van der Waals surface area contributed by atoms with Crippen molar-refractivity contribution >= 4 is 5.91 Å². The topological polar surface area (TPSA) is 97.5 Å². The fourth-order valence-corrected chi connectivity index (χ4v) is 3.57. The van der Waals surface area contributed by atoms with Crippen molar-refractivity contribution in [1.29, 1.82) is 0 Å². The minimum atomic E-state index is -0.690. The number of nitrogens with zero attached hydrogens (tertiary/aromatic N) is 2. The van der Waals surface area contributed by atoms with Crippen molar-refractivity contribution in [3.63, 3.8) is 0 Å². The van der Waals surface area contributed by atoms with E-state index in [9.17, 15) is 14.3 Å². The molecule has 29 heavy (non-hydrogen) atoms. The van der Waals surface area contributed by atoms with Gasteiger partial charge in [-0.3, -0.25) is 4.79 Å². The first-order valence-corrected chi connectivity index (χ1v) is 9.24. The molecule has 1 atom stereocenters. The number of carbonyl (C=O) groups excluding carboxylic acids is 1. The van der Waals surface area contributed by atoms with Gasteiger partial charge in [0.15, 0.2) is 0 Å². The summed E-state index contributed by atoms with van der Waals surface area (Å²) in [6.07, 6.45) is 1.49. The largest absolute Gasteiger partial charge is 0.392 e. The lowest BCUT2D eigenvalue weighted by molar-refractivity contribution is 0.0932. The molecule has 0 fully saturated rings. The van der Waals surface area contributed by atoms with Gasteiger partial charge >= 0.3 is 0 Å². The first-order valence-electron chi connectivity index (χ1n) is 9.24. The van der Waals surface area contributed by atoms with E-state index in [1.165, 1.54) is 12.1 Å². The number of aliphatic hydroxyl groups excluding tert-OH is 1. The van der Waals surface area contributed by atoms with Crippen molar-refractivity contribution in [1.82, 2.24) is 15.5 Å². The zero-order valence-electron chi connectivity index (χ0n) is 15.8. The number of amides is 1. The van der Waals surface area contributed by atoms with Gasteiger partial charge in [-0.2, -0.15) is 4.98 Å². The maximum absolute atomic E-state index is 14.3. The van der Waals surface area contributed by atoms with E-state index in [4.69, 9.17) is 9.26 Å². The van der Waals surface area contributed by atoms with Crippen molar-refractivity contribution < 1.29 is 23.6 Å². The van der Waals surface area contributed by atoms with E-state index < -0.39 is 18.3 Å². The smallest absolute Gasteiger partial charge is 0.254 e. The summed E-state index contributed by atoms with van der Waals surface area (Å²) in [6.45, 7) is -0.204. The van der Waals surface area contributed by atoms with Crippen LogP contribution in [0.15, 0.2) is 40.9 Å². The molecule has 0 spiro atoms. The number of rotatable bonds is 6. The second kappa shape index (κ2) is 8.10. The minimum Gasteiger partial charge on any atom is -0.392 e. The average molecular weight is 397 g/mol. The number of fused-ring (bicyclic) bond motifs is 1. The fourth-order valence-electron chi connectivity index (χ4n) is 3.57. The van der Waals surface area contributed by atoms with Gasteiger partial charge < -0.3 is 19.7 Å². The number of aromatic nitrogens is 2. The van der Waals surface area contributed by atoms with E-state index in [0.717, 1.165) is 23.1 Å². The molecule has 1 aromatic heterocycles. The standard InChI is InChI=1S/C21H20FN3O4/c1-28-11-18-24-20(25-29-18)13-5-7-15-12(9-13)6-8-17(15)23-21(27)16-4-2-3-14(10-26)19(16)22/h2-5,7,9,17,26H,6,8,10-11H2,1H3,(H,23,27). The van der Waals surface area contributed by atoms with Gasteiger partial charge in [-0.05, 0) is 36.1 Å². The number of halogens is 1. The number of aliphatic hydroxyl groups is 1. The SMILES string of the molecule is COCc1nc(-c2ccc3c(c2)CCC3NC(=O)c2cccc(CO)c2F)no1. The van der Waals surface area contributed by atoms with Crippen LogP contribution < -0.4 is 5.32 Å². The molecule has 0 bridgehead atoms. The van der Waals surface area contributed by atoms with Crippen LogP contribution in [0.3, 0.4) is 0 Å². The van der Waals surface area contributed by atoms with Crippen molar-refractivity contribution in [3.05, 3.63) is 70.4 Å². The summed E-state index contributed by atoms with van der Waals surface area (Å²) >= 11 is 0. The highest BCUT2D eigenvalue weighted by atomic mass is 19.1. The van der Waals surface area contributed by atoms with Crippen LogP contribution in [0.25, 0.3) is 11.4 Å². The van der Waals surface area contributed by atoms with Crippen LogP contribution >= 0.6 is 0 Å². The van der Waals surface area contributed by atoms with E-state index in [1.54, 1.807) is 13.2 Å². The Labute approximate surface area is 166 Å². The average Bonchev–Trinajstić information content (AvgIpc) is 3.35. The molecule has 0 saturated heterocycles. The Balaban J connectivity index is 1.52. The Hall–Kier alpha value is -3.10. The monoisotopic (exact) mass is 397 g/mol. The minimum absolute atomic E-state index is 0.0703. The van der Waals surface area contributed by atoms with Crippen LogP contribution in [0.5, 0.6) is 0 Å². The summed E-state index contributed by atoms with van der Waals surface area (Å²) in [5.41, 5.74) is 2.92. The highest BCUT2D eigenvalue weighted by Crippen LogP contribution is 2.34. The summed E-state index contributed by atoms with van der Waals surface area (Å²) in [5.74, 6) is -0.303. The van der Waals surface area contributed by atoms with Gasteiger partial charge in [0.1, 0.15) is 12.4 Å². The first-order chi connectivity index (χ1) is 14.1. The Kier molecular flexibility index (Phi) is 5.37. The third-order valence-electron chi connectivity index (χ3n) is 5.01. The molecule has 3 aromatic rings. The Morgan fingerprint density at radius 2 is 2.24 bits per heavy atom. The molecule has 8 heteroatoms. The third kappa shape index (κ3) is 3.76. The first kappa shape index (κ1) is 19.2. The van der Waals surface area contributed by atoms with E-state index >= 15 is 0 Å². The second-order valence-corrected chi connectivity index (χ2v) is 6.86. The molecule has 0 saturated carbocycles. The number of nitrogens with one attached hydrogen (secondary N) is 1. The molecular formula is C21H20FN3O4. The molecule has 1 aliphatic rings. The number of ether oxygens (including phenoxy) is 1. The molecular weight excluding hydrogens is 377 g/mol. The van der Waals surface area contributed by atoms with Gasteiger partial charge in [-0.15, -0.1) is 0 Å². The van der Waals surface area contributed by atoms with Crippen LogP contribution in [0, 0.1) is 5.82 Å². The Morgan fingerprint density at radius 1 is 1.38 bits per heavy atom. The van der Waals surface area contributed by atoms with Crippen molar-refractivity contribution in [2.45, 2.75) is 32.1 Å². The van der Waals surface area contributed by atoms with Crippen LogP contribution in [-0.4, -0.2) is 28.3 Å². The highest BCUT2D eigenvalue weighted by Gasteiger charge is 2.26. The maximum Gasteiger partial charge on any atom is 0.254 e. The molecule has 4 rings (SSSR count). The van der Waals surface area contributed by atoms with Crippen molar-refractivity contribution in [2.24, 2.45) is 0 Å². The molecule has 0 radical (unpaired) electrons. The molecule has 1 amide bonds. The number of methoxy groups -OCH3 is 1. The number of aryl methyl sites for hydroxylation is 1. The predicted molar refractivity (Wildman–Crippen MR) is 101 cm³/mol. The van der Waals surface area contributed by atoms with Gasteiger partial charge in [0.25, 0.3) is 11.8 Å². The van der Waals surface area contributed by atoms with Gasteiger partial charge in [-0.1, -0.05) is 29.4 Å². The Bertz CT molecular complexity index is 1050. The van der Waals surface area contributed by atoms with Crippen LogP contribution in [0.4, 0.5) is 4.39 Å². The second-order valence-electron chi connectivity index (χ2n) is 6.86. The summed E-state index contributed by atoms with van der Waals surface area (Å²) in [7, 11) is 1.56. The normalized spacial score (nSPS) is 15.3. The zero-order valence-corrected chi connectivity index (χ0v) is 15.8. The fraction of sp³-hybridized carbons (Fsp3) is 0.286. The lowest BCUT2D eigenvalue weighted by atomic mass is 10.0. The summed E-state index contributed by atoms with van der Waals surface area (Å²) in [6, 6.07) is 9.99. The molecule has 0 aliphatic heterocycles. The van der Waals surface area contributed by atoms with Crippen LogP contribution in [0.1, 0.15) is 45.4 Å². The van der Waals surface area contributed by atoms with E-state index in [2.05, 4.69) is 15.5 Å². The van der Waals surface area contributed by atoms with Gasteiger partial charge in [0.2, 0.25) is 5.82 Å². The van der Waals surface area contributed by atoms with Gasteiger partial charge in [0, 0.05) is 18.2 Å². The quantitative estimate of drug-likeness (QED) is 0.664. The molecule has 150 valence electrons. The van der Waals surface area contributed by atoms with E-state index in [0.29, 0.717) is 18.1 Å². The summed E-state index contributed by atoms with van der Waals surface area (Å²) in [4.78, 5) is 16.9. The zero-order chi connectivity index (χ0) is 20.4. The number of carbonyl (C=O) groups is 1. The van der Waals surface area contributed by atoms with Crippen molar-refractivity contribution in [3.8, 4) is 11.4 Å². The lowest BCUT2D eigenvalue weighted by Crippen LogP contribution is -2.28. The molecule has 7 nitrogen and oxygen atoms in total. The number of hydrogen-bond donors (Lipinski definition) is 2. The molecule has 2 aromatic carbocycles. The van der Waals surface area contributed by atoms with Crippen molar-refractivity contribution in [2.75, 3.05) is 7.11 Å². The molecule has 1 aliphatic carbocycles. The number of hydrogen-bond acceptors (Lipinski definition) is 6. The Morgan fingerprint density at radius 3 is 3.03 bits per heavy atom.